The number of carbonyl (C=O) groups is 3. The normalized spacial score (nSPS) is 17.7. The molecule has 4 rings (SSSR count). The first-order chi connectivity index (χ1) is 20.4. The third-order valence-corrected chi connectivity index (χ3v) is 7.42. The van der Waals surface area contributed by atoms with Crippen molar-refractivity contribution < 1.29 is 37.4 Å². The summed E-state index contributed by atoms with van der Waals surface area (Å²) in [6.07, 6.45) is -7.07. The minimum Gasteiger partial charge on any atom is -0.487 e. The number of anilines is 2. The van der Waals surface area contributed by atoms with Crippen molar-refractivity contribution in [2.24, 2.45) is 5.92 Å². The van der Waals surface area contributed by atoms with Crippen molar-refractivity contribution in [1.29, 1.82) is 0 Å². The third-order valence-electron chi connectivity index (χ3n) is 7.42. The molecule has 1 aliphatic rings. The van der Waals surface area contributed by atoms with Gasteiger partial charge in [0.1, 0.15) is 11.9 Å². The number of rotatable bonds is 8. The minimum absolute atomic E-state index is 0.0775. The summed E-state index contributed by atoms with van der Waals surface area (Å²) < 4.78 is 43.9. The van der Waals surface area contributed by atoms with Crippen LogP contribution in [-0.2, 0) is 4.79 Å². The van der Waals surface area contributed by atoms with E-state index in [9.17, 15) is 32.7 Å². The molecule has 12 heteroatoms. The van der Waals surface area contributed by atoms with E-state index in [1.807, 2.05) is 49.4 Å². The highest BCUT2D eigenvalue weighted by Crippen LogP contribution is 2.31. The molecule has 0 saturated carbocycles. The number of halogens is 3. The van der Waals surface area contributed by atoms with Gasteiger partial charge in [-0.05, 0) is 36.6 Å². The largest absolute Gasteiger partial charge is 0.487 e. The molecule has 0 aromatic heterocycles. The Balaban J connectivity index is 1.55. The number of aliphatic hydroxyl groups is 1. The van der Waals surface area contributed by atoms with E-state index in [-0.39, 0.29) is 48.6 Å². The number of hydrogen-bond acceptors (Lipinski definition) is 5. The summed E-state index contributed by atoms with van der Waals surface area (Å²) in [4.78, 5) is 41.9. The number of benzene rings is 3. The molecule has 0 radical (unpaired) electrons. The number of alkyl halides is 3. The summed E-state index contributed by atoms with van der Waals surface area (Å²) in [5, 5.41) is 17.1. The van der Waals surface area contributed by atoms with Gasteiger partial charge in [0.15, 0.2) is 0 Å². The van der Waals surface area contributed by atoms with Crippen LogP contribution in [0.3, 0.4) is 0 Å². The van der Waals surface area contributed by atoms with Crippen LogP contribution in [0.1, 0.15) is 37.0 Å². The van der Waals surface area contributed by atoms with Gasteiger partial charge in [0.05, 0.1) is 36.9 Å². The number of aliphatic hydroxyl groups excluding tert-OH is 1. The molecule has 0 saturated heterocycles. The first-order valence-electron chi connectivity index (χ1n) is 13.9. The summed E-state index contributed by atoms with van der Waals surface area (Å²) in [6.45, 7) is 3.62. The Bertz CT molecular complexity index is 1480. The van der Waals surface area contributed by atoms with E-state index in [0.717, 1.165) is 10.8 Å². The van der Waals surface area contributed by atoms with Gasteiger partial charge in [0.2, 0.25) is 5.91 Å². The Morgan fingerprint density at radius 3 is 2.56 bits per heavy atom. The Hall–Kier alpha value is -4.32. The van der Waals surface area contributed by atoms with Crippen molar-refractivity contribution in [2.45, 2.75) is 45.0 Å². The SMILES string of the molecule is C[C@@H]1CN([C@@H](C)CO)C(=O)c2cc(NC(=O)CCC(F)(F)F)ccc2O[C@H]1CN(C)C(=O)Nc1cccc2ccccc12. The van der Waals surface area contributed by atoms with E-state index in [0.29, 0.717) is 5.69 Å². The fourth-order valence-corrected chi connectivity index (χ4v) is 4.89. The Morgan fingerprint density at radius 1 is 1.12 bits per heavy atom. The highest BCUT2D eigenvalue weighted by atomic mass is 19.4. The Kier molecular flexibility index (Phi) is 9.80. The lowest BCUT2D eigenvalue weighted by atomic mass is 9.99. The van der Waals surface area contributed by atoms with E-state index in [1.54, 1.807) is 14.0 Å². The van der Waals surface area contributed by atoms with E-state index >= 15 is 0 Å². The second kappa shape index (κ2) is 13.3. The van der Waals surface area contributed by atoms with Crippen molar-refractivity contribution in [3.63, 3.8) is 0 Å². The zero-order valence-corrected chi connectivity index (χ0v) is 24.1. The summed E-state index contributed by atoms with van der Waals surface area (Å²) in [5.41, 5.74) is 0.871. The van der Waals surface area contributed by atoms with Gasteiger partial charge in [-0.25, -0.2) is 4.79 Å². The summed E-state index contributed by atoms with van der Waals surface area (Å²) in [6, 6.07) is 16.7. The molecule has 3 N–H and O–H groups in total. The maximum absolute atomic E-state index is 13.6. The first kappa shape index (κ1) is 31.6. The van der Waals surface area contributed by atoms with Gasteiger partial charge < -0.3 is 30.3 Å². The molecule has 43 heavy (non-hydrogen) atoms. The number of likely N-dealkylation sites (N-methyl/N-ethyl adjacent to an activating group) is 1. The van der Waals surface area contributed by atoms with E-state index in [1.165, 1.54) is 28.0 Å². The predicted molar refractivity (Wildman–Crippen MR) is 157 cm³/mol. The maximum atomic E-state index is 13.6. The molecule has 3 aromatic rings. The lowest BCUT2D eigenvalue weighted by molar-refractivity contribution is -0.142. The molecule has 0 spiro atoms. The van der Waals surface area contributed by atoms with Crippen molar-refractivity contribution in [3.05, 3.63) is 66.2 Å². The van der Waals surface area contributed by atoms with E-state index in [4.69, 9.17) is 4.74 Å². The number of carbonyl (C=O) groups excluding carboxylic acids is 3. The van der Waals surface area contributed by atoms with Gasteiger partial charge in [0, 0.05) is 37.0 Å². The van der Waals surface area contributed by atoms with Crippen molar-refractivity contribution in [1.82, 2.24) is 9.80 Å². The number of fused-ring (bicyclic) bond motifs is 2. The summed E-state index contributed by atoms with van der Waals surface area (Å²) in [7, 11) is 1.63. The second-order valence-electron chi connectivity index (χ2n) is 10.8. The number of ether oxygens (including phenoxy) is 1. The van der Waals surface area contributed by atoms with Crippen LogP contribution >= 0.6 is 0 Å². The second-order valence-corrected chi connectivity index (χ2v) is 10.8. The number of nitrogens with zero attached hydrogens (tertiary/aromatic N) is 2. The maximum Gasteiger partial charge on any atom is 0.389 e. The van der Waals surface area contributed by atoms with Crippen LogP contribution in [0.2, 0.25) is 0 Å². The molecular formula is C31H35F3N4O5. The molecular weight excluding hydrogens is 565 g/mol. The zero-order valence-electron chi connectivity index (χ0n) is 24.1. The number of hydrogen-bond donors (Lipinski definition) is 3. The third kappa shape index (κ3) is 7.95. The molecule has 9 nitrogen and oxygen atoms in total. The van der Waals surface area contributed by atoms with Crippen molar-refractivity contribution in [3.8, 4) is 5.75 Å². The molecule has 3 atom stereocenters. The van der Waals surface area contributed by atoms with Crippen LogP contribution in [-0.4, -0.2) is 77.8 Å². The standard InChI is InChI=1S/C31H35F3N4O5/c1-19-16-38(20(2)18-39)29(41)24-15-22(35-28(40)13-14-31(32,33)34)11-12-26(24)43-27(19)17-37(3)30(42)36-25-10-6-8-21-7-4-5-9-23(21)25/h4-12,15,19-20,27,39H,13-14,16-18H2,1-3H3,(H,35,40)(H,36,42)/t19-,20+,27+/m1/s1. The number of urea groups is 1. The van der Waals surface area contributed by atoms with Gasteiger partial charge >= 0.3 is 12.2 Å². The smallest absolute Gasteiger partial charge is 0.389 e. The predicted octanol–water partition coefficient (Wildman–Crippen LogP) is 5.50. The first-order valence-corrected chi connectivity index (χ1v) is 13.9. The van der Waals surface area contributed by atoms with Gasteiger partial charge in [-0.3, -0.25) is 9.59 Å². The molecule has 0 fully saturated rings. The topological polar surface area (TPSA) is 111 Å². The van der Waals surface area contributed by atoms with Crippen molar-refractivity contribution in [2.75, 3.05) is 37.4 Å². The average Bonchev–Trinajstić information content (AvgIpc) is 2.97. The fraction of sp³-hybridized carbons (Fsp3) is 0.387. The van der Waals surface area contributed by atoms with Gasteiger partial charge in [0.25, 0.3) is 5.91 Å². The molecule has 1 aliphatic heterocycles. The zero-order chi connectivity index (χ0) is 31.3. The molecule has 0 unspecified atom stereocenters. The van der Waals surface area contributed by atoms with Gasteiger partial charge in [-0.15, -0.1) is 0 Å². The quantitative estimate of drug-likeness (QED) is 0.316. The van der Waals surface area contributed by atoms with E-state index < -0.39 is 43.0 Å². The summed E-state index contributed by atoms with van der Waals surface area (Å²) in [5.74, 6) is -1.38. The fourth-order valence-electron chi connectivity index (χ4n) is 4.89. The lowest BCUT2D eigenvalue weighted by Gasteiger charge is -2.38. The van der Waals surface area contributed by atoms with Crippen molar-refractivity contribution >= 4 is 40.0 Å². The Labute approximate surface area is 247 Å². The Morgan fingerprint density at radius 2 is 1.84 bits per heavy atom. The number of nitrogens with one attached hydrogen (secondary N) is 2. The van der Waals surface area contributed by atoms with Crippen LogP contribution in [0.25, 0.3) is 10.8 Å². The van der Waals surface area contributed by atoms with Crippen LogP contribution in [0.4, 0.5) is 29.3 Å². The monoisotopic (exact) mass is 600 g/mol. The molecule has 230 valence electrons. The molecule has 3 aromatic carbocycles. The van der Waals surface area contributed by atoms with Crippen LogP contribution in [0.15, 0.2) is 60.7 Å². The molecule has 0 aliphatic carbocycles. The molecule has 0 bridgehead atoms. The highest BCUT2D eigenvalue weighted by molar-refractivity contribution is 6.02. The highest BCUT2D eigenvalue weighted by Gasteiger charge is 2.34. The van der Waals surface area contributed by atoms with E-state index in [2.05, 4.69) is 10.6 Å². The molecule has 4 amide bonds. The average molecular weight is 601 g/mol. The summed E-state index contributed by atoms with van der Waals surface area (Å²) >= 11 is 0. The van der Waals surface area contributed by atoms with Gasteiger partial charge in [-0.1, -0.05) is 43.3 Å². The van der Waals surface area contributed by atoms with Crippen LogP contribution in [0.5, 0.6) is 5.75 Å². The minimum atomic E-state index is -4.47. The number of amides is 4. The van der Waals surface area contributed by atoms with Crippen LogP contribution in [0, 0.1) is 5.92 Å². The van der Waals surface area contributed by atoms with Gasteiger partial charge in [-0.2, -0.15) is 13.2 Å². The lowest BCUT2D eigenvalue weighted by Crippen LogP contribution is -2.50. The molecule has 1 heterocycles. The van der Waals surface area contributed by atoms with Crippen LogP contribution < -0.4 is 15.4 Å².